The second-order valence-electron chi connectivity index (χ2n) is 5.91. The van der Waals surface area contributed by atoms with Crippen molar-refractivity contribution in [2.24, 2.45) is 0 Å². The van der Waals surface area contributed by atoms with Crippen LogP contribution in [0.5, 0.6) is 11.5 Å². The molecule has 1 aliphatic rings. The second-order valence-corrected chi connectivity index (χ2v) is 5.91. The summed E-state index contributed by atoms with van der Waals surface area (Å²) in [5.41, 5.74) is 3.88. The third-order valence-corrected chi connectivity index (χ3v) is 4.50. The first kappa shape index (κ1) is 14.0. The van der Waals surface area contributed by atoms with Crippen LogP contribution in [0.15, 0.2) is 54.6 Å². The highest BCUT2D eigenvalue weighted by atomic mass is 16.5. The molecule has 0 spiro atoms. The van der Waals surface area contributed by atoms with Gasteiger partial charge in [0.2, 0.25) is 0 Å². The third kappa shape index (κ3) is 2.07. The molecule has 1 heterocycles. The van der Waals surface area contributed by atoms with E-state index in [1.54, 1.807) is 0 Å². The summed E-state index contributed by atoms with van der Waals surface area (Å²) in [6.45, 7) is 4.04. The van der Waals surface area contributed by atoms with Crippen molar-refractivity contribution in [3.8, 4) is 11.5 Å². The molecule has 1 atom stereocenters. The summed E-state index contributed by atoms with van der Waals surface area (Å²) >= 11 is 0. The van der Waals surface area contributed by atoms with Gasteiger partial charge in [0, 0.05) is 11.1 Å². The Balaban J connectivity index is 2.02. The van der Waals surface area contributed by atoms with Crippen LogP contribution in [0.2, 0.25) is 0 Å². The minimum atomic E-state index is -0.689. The Bertz CT molecular complexity index is 938. The van der Waals surface area contributed by atoms with E-state index < -0.39 is 6.10 Å². The van der Waals surface area contributed by atoms with Gasteiger partial charge in [-0.3, -0.25) is 0 Å². The summed E-state index contributed by atoms with van der Waals surface area (Å²) < 4.78 is 6.10. The van der Waals surface area contributed by atoms with Crippen LogP contribution in [-0.2, 0) is 0 Å². The average molecular weight is 302 g/mol. The van der Waals surface area contributed by atoms with Crippen LogP contribution in [0, 0.1) is 6.92 Å². The Kier molecular flexibility index (Phi) is 3.21. The normalized spacial score (nSPS) is 16.2. The van der Waals surface area contributed by atoms with Gasteiger partial charge in [-0.25, -0.2) is 0 Å². The fourth-order valence-electron chi connectivity index (χ4n) is 3.39. The number of aliphatic hydroxyl groups is 1. The molecule has 2 heteroatoms. The van der Waals surface area contributed by atoms with E-state index in [0.29, 0.717) is 0 Å². The fourth-order valence-corrected chi connectivity index (χ4v) is 3.39. The van der Waals surface area contributed by atoms with Gasteiger partial charge in [-0.15, -0.1) is 0 Å². The second kappa shape index (κ2) is 5.25. The van der Waals surface area contributed by atoms with E-state index >= 15 is 0 Å². The minimum absolute atomic E-state index is 0.689. The lowest BCUT2D eigenvalue weighted by Gasteiger charge is -2.28. The van der Waals surface area contributed by atoms with Gasteiger partial charge in [-0.2, -0.15) is 0 Å². The molecule has 0 fully saturated rings. The minimum Gasteiger partial charge on any atom is -0.457 e. The van der Waals surface area contributed by atoms with Crippen molar-refractivity contribution < 1.29 is 9.84 Å². The molecule has 0 bridgehead atoms. The zero-order valence-electron chi connectivity index (χ0n) is 13.2. The monoisotopic (exact) mass is 302 g/mol. The highest BCUT2D eigenvalue weighted by Gasteiger charge is 2.29. The van der Waals surface area contributed by atoms with Crippen molar-refractivity contribution in [3.63, 3.8) is 0 Å². The van der Waals surface area contributed by atoms with Crippen molar-refractivity contribution >= 4 is 16.8 Å². The molecule has 0 aromatic heterocycles. The number of hydrogen-bond donors (Lipinski definition) is 1. The maximum atomic E-state index is 11.1. The molecule has 23 heavy (non-hydrogen) atoms. The van der Waals surface area contributed by atoms with E-state index in [1.165, 1.54) is 0 Å². The molecule has 0 saturated carbocycles. The zero-order chi connectivity index (χ0) is 16.0. The number of aliphatic hydroxyl groups excluding tert-OH is 1. The number of fused-ring (bicyclic) bond motifs is 4. The van der Waals surface area contributed by atoms with Crippen LogP contribution in [0.3, 0.4) is 0 Å². The Morgan fingerprint density at radius 2 is 1.70 bits per heavy atom. The van der Waals surface area contributed by atoms with Crippen LogP contribution < -0.4 is 4.74 Å². The van der Waals surface area contributed by atoms with E-state index in [-0.39, 0.29) is 0 Å². The average Bonchev–Trinajstić information content (AvgIpc) is 2.57. The van der Waals surface area contributed by atoms with Gasteiger partial charge in [0.15, 0.2) is 0 Å². The molecule has 0 radical (unpaired) electrons. The van der Waals surface area contributed by atoms with Crippen molar-refractivity contribution in [3.05, 3.63) is 76.9 Å². The van der Waals surface area contributed by atoms with Crippen LogP contribution in [0.4, 0.5) is 0 Å². The van der Waals surface area contributed by atoms with Gasteiger partial charge in [0.05, 0.1) is 0 Å². The summed E-state index contributed by atoms with van der Waals surface area (Å²) in [6, 6.07) is 16.1. The molecule has 1 unspecified atom stereocenters. The maximum absolute atomic E-state index is 11.1. The maximum Gasteiger partial charge on any atom is 0.134 e. The standard InChI is InChI=1S/C21H18O2/c1-3-6-15-13(2)9-11-17-19(15)21(22)20-16-8-5-4-7-14(16)10-12-18(20)23-17/h3-12,21-22H,1-2H3/b6-3-. The molecule has 0 saturated heterocycles. The Labute approximate surface area is 135 Å². The van der Waals surface area contributed by atoms with Crippen molar-refractivity contribution in [2.75, 3.05) is 0 Å². The van der Waals surface area contributed by atoms with Crippen LogP contribution in [-0.4, -0.2) is 5.11 Å². The van der Waals surface area contributed by atoms with E-state index in [0.717, 1.165) is 44.5 Å². The Morgan fingerprint density at radius 1 is 0.957 bits per heavy atom. The molecule has 3 aromatic carbocycles. The fraction of sp³-hybridized carbons (Fsp3) is 0.143. The summed E-state index contributed by atoms with van der Waals surface area (Å²) in [7, 11) is 0. The van der Waals surface area contributed by atoms with Crippen molar-refractivity contribution in [1.82, 2.24) is 0 Å². The highest BCUT2D eigenvalue weighted by Crippen LogP contribution is 2.47. The predicted octanol–water partition coefficient (Wildman–Crippen LogP) is 5.37. The number of hydrogen-bond acceptors (Lipinski definition) is 2. The SMILES string of the molecule is C/C=C\c1c(C)ccc2c1C(O)c1c(ccc3ccccc13)O2. The topological polar surface area (TPSA) is 29.5 Å². The van der Waals surface area contributed by atoms with Crippen molar-refractivity contribution in [1.29, 1.82) is 0 Å². The third-order valence-electron chi connectivity index (χ3n) is 4.50. The lowest BCUT2D eigenvalue weighted by Crippen LogP contribution is -2.12. The quantitative estimate of drug-likeness (QED) is 0.655. The molecular formula is C21H18O2. The zero-order valence-corrected chi connectivity index (χ0v) is 13.2. The first-order chi connectivity index (χ1) is 11.2. The number of benzene rings is 3. The number of allylic oxidation sites excluding steroid dienone is 1. The van der Waals surface area contributed by atoms with E-state index in [4.69, 9.17) is 4.74 Å². The lowest BCUT2D eigenvalue weighted by molar-refractivity contribution is 0.204. The summed E-state index contributed by atoms with van der Waals surface area (Å²) in [5.74, 6) is 1.47. The molecule has 1 N–H and O–H groups in total. The summed E-state index contributed by atoms with van der Waals surface area (Å²) in [5, 5.41) is 13.3. The first-order valence-electron chi connectivity index (χ1n) is 7.84. The molecular weight excluding hydrogens is 284 g/mol. The van der Waals surface area contributed by atoms with Crippen LogP contribution in [0.1, 0.15) is 35.3 Å². The van der Waals surface area contributed by atoms with Gasteiger partial charge in [-0.05, 0) is 47.9 Å². The van der Waals surface area contributed by atoms with Gasteiger partial charge >= 0.3 is 0 Å². The lowest BCUT2D eigenvalue weighted by atomic mass is 9.88. The molecule has 114 valence electrons. The Morgan fingerprint density at radius 3 is 2.52 bits per heavy atom. The summed E-state index contributed by atoms with van der Waals surface area (Å²) in [4.78, 5) is 0. The van der Waals surface area contributed by atoms with Gasteiger partial charge in [0.1, 0.15) is 17.6 Å². The van der Waals surface area contributed by atoms with E-state index in [1.807, 2.05) is 61.5 Å². The molecule has 2 nitrogen and oxygen atoms in total. The molecule has 0 aliphatic carbocycles. The molecule has 1 aliphatic heterocycles. The summed E-state index contributed by atoms with van der Waals surface area (Å²) in [6.07, 6.45) is 3.34. The number of aryl methyl sites for hydroxylation is 1. The first-order valence-corrected chi connectivity index (χ1v) is 7.84. The molecule has 3 aromatic rings. The molecule has 4 rings (SSSR count). The molecule has 0 amide bonds. The van der Waals surface area contributed by atoms with Crippen LogP contribution >= 0.6 is 0 Å². The predicted molar refractivity (Wildman–Crippen MR) is 94.0 cm³/mol. The van der Waals surface area contributed by atoms with Crippen LogP contribution in [0.25, 0.3) is 16.8 Å². The van der Waals surface area contributed by atoms with Gasteiger partial charge < -0.3 is 9.84 Å². The highest BCUT2D eigenvalue weighted by molar-refractivity contribution is 5.89. The number of rotatable bonds is 1. The van der Waals surface area contributed by atoms with E-state index in [2.05, 4.69) is 13.0 Å². The van der Waals surface area contributed by atoms with Crippen molar-refractivity contribution in [2.45, 2.75) is 20.0 Å². The largest absolute Gasteiger partial charge is 0.457 e. The van der Waals surface area contributed by atoms with E-state index in [9.17, 15) is 5.11 Å². The van der Waals surface area contributed by atoms with Gasteiger partial charge in [-0.1, -0.05) is 48.6 Å². The number of ether oxygens (including phenoxy) is 1. The smallest absolute Gasteiger partial charge is 0.134 e. The Hall–Kier alpha value is -2.58. The van der Waals surface area contributed by atoms with Gasteiger partial charge in [0.25, 0.3) is 0 Å².